The van der Waals surface area contributed by atoms with Gasteiger partial charge in [-0.05, 0) is 32.0 Å². The Balaban J connectivity index is 2.68. The van der Waals surface area contributed by atoms with Crippen LogP contribution < -0.4 is 4.74 Å². The second-order valence-corrected chi connectivity index (χ2v) is 3.82. The van der Waals surface area contributed by atoms with Crippen molar-refractivity contribution in [3.63, 3.8) is 0 Å². The number of ketones is 1. The quantitative estimate of drug-likeness (QED) is 0.794. The molecule has 0 bridgehead atoms. The number of carbonyl (C=O) groups is 1. The normalized spacial score (nSPS) is 12.3. The van der Waals surface area contributed by atoms with Crippen molar-refractivity contribution in [2.45, 2.75) is 26.4 Å². The van der Waals surface area contributed by atoms with Crippen LogP contribution in [-0.4, -0.2) is 11.9 Å². The lowest BCUT2D eigenvalue weighted by atomic mass is 10.2. The van der Waals surface area contributed by atoms with E-state index in [1.807, 2.05) is 0 Å². The molecular formula is C11H12ClFO2. The minimum absolute atomic E-state index is 0.0423. The van der Waals surface area contributed by atoms with Crippen LogP contribution in [0, 0.1) is 5.82 Å². The molecule has 1 rings (SSSR count). The van der Waals surface area contributed by atoms with Crippen molar-refractivity contribution in [2.75, 3.05) is 0 Å². The third-order valence-corrected chi connectivity index (χ3v) is 2.09. The number of benzene rings is 1. The zero-order valence-electron chi connectivity index (χ0n) is 8.59. The van der Waals surface area contributed by atoms with E-state index in [0.717, 1.165) is 0 Å². The molecule has 0 fully saturated rings. The first kappa shape index (κ1) is 12.0. The molecule has 15 heavy (non-hydrogen) atoms. The van der Waals surface area contributed by atoms with Crippen LogP contribution in [0.25, 0.3) is 0 Å². The second-order valence-electron chi connectivity index (χ2n) is 3.41. The SMILES string of the molecule is CC(=O)CC(C)Oc1ccc(F)cc1Cl. The molecule has 0 radical (unpaired) electrons. The topological polar surface area (TPSA) is 26.3 Å². The zero-order valence-corrected chi connectivity index (χ0v) is 9.34. The fraction of sp³-hybridized carbons (Fsp3) is 0.364. The maximum atomic E-state index is 12.7. The maximum Gasteiger partial charge on any atom is 0.138 e. The van der Waals surface area contributed by atoms with E-state index in [9.17, 15) is 9.18 Å². The van der Waals surface area contributed by atoms with Crippen LogP contribution in [0.2, 0.25) is 5.02 Å². The summed E-state index contributed by atoms with van der Waals surface area (Å²) in [6, 6.07) is 3.90. The number of hydrogen-bond donors (Lipinski definition) is 0. The van der Waals surface area contributed by atoms with Crippen molar-refractivity contribution >= 4 is 17.4 Å². The number of halogens is 2. The van der Waals surface area contributed by atoms with Gasteiger partial charge >= 0.3 is 0 Å². The van der Waals surface area contributed by atoms with E-state index in [2.05, 4.69) is 0 Å². The van der Waals surface area contributed by atoms with Crippen LogP contribution in [0.5, 0.6) is 5.75 Å². The van der Waals surface area contributed by atoms with Crippen molar-refractivity contribution in [3.05, 3.63) is 29.0 Å². The number of Topliss-reactive ketones (excluding diaryl/α,β-unsaturated/α-hetero) is 1. The Bertz CT molecular complexity index is 366. The Hall–Kier alpha value is -1.09. The number of carbonyl (C=O) groups excluding carboxylic acids is 1. The molecule has 0 spiro atoms. The van der Waals surface area contributed by atoms with Crippen LogP contribution in [0.3, 0.4) is 0 Å². The third kappa shape index (κ3) is 3.88. The molecule has 1 aromatic carbocycles. The monoisotopic (exact) mass is 230 g/mol. The minimum Gasteiger partial charge on any atom is -0.489 e. The molecule has 0 aliphatic rings. The first-order valence-corrected chi connectivity index (χ1v) is 4.98. The molecule has 1 aromatic rings. The van der Waals surface area contributed by atoms with Gasteiger partial charge in [-0.15, -0.1) is 0 Å². The van der Waals surface area contributed by atoms with Gasteiger partial charge in [0.15, 0.2) is 0 Å². The molecule has 0 aliphatic heterocycles. The van der Waals surface area contributed by atoms with Crippen molar-refractivity contribution in [3.8, 4) is 5.75 Å². The van der Waals surface area contributed by atoms with Gasteiger partial charge in [-0.25, -0.2) is 4.39 Å². The summed E-state index contributed by atoms with van der Waals surface area (Å²) < 4.78 is 18.1. The van der Waals surface area contributed by atoms with Gasteiger partial charge in [-0.2, -0.15) is 0 Å². The van der Waals surface area contributed by atoms with Crippen LogP contribution in [0.4, 0.5) is 4.39 Å². The van der Waals surface area contributed by atoms with Gasteiger partial charge in [0.05, 0.1) is 5.02 Å². The standard InChI is InChI=1S/C11H12ClFO2/c1-7(14)5-8(2)15-11-4-3-9(13)6-10(11)12/h3-4,6,8H,5H2,1-2H3. The minimum atomic E-state index is -0.411. The van der Waals surface area contributed by atoms with Crippen molar-refractivity contribution in [2.24, 2.45) is 0 Å². The molecule has 4 heteroatoms. The Morgan fingerprint density at radius 2 is 2.27 bits per heavy atom. The predicted molar refractivity (Wildman–Crippen MR) is 56.8 cm³/mol. The van der Waals surface area contributed by atoms with Crippen LogP contribution in [-0.2, 0) is 4.79 Å². The summed E-state index contributed by atoms with van der Waals surface area (Å²) in [5.74, 6) is 0.0270. The highest BCUT2D eigenvalue weighted by atomic mass is 35.5. The van der Waals surface area contributed by atoms with Gasteiger partial charge in [-0.1, -0.05) is 11.6 Å². The molecule has 0 amide bonds. The second kappa shape index (κ2) is 5.12. The van der Waals surface area contributed by atoms with E-state index in [-0.39, 0.29) is 16.9 Å². The van der Waals surface area contributed by atoms with E-state index in [0.29, 0.717) is 12.2 Å². The summed E-state index contributed by atoms with van der Waals surface area (Å²) in [5, 5.41) is 0.213. The number of hydrogen-bond acceptors (Lipinski definition) is 2. The average Bonchev–Trinajstić information content (AvgIpc) is 2.08. The van der Waals surface area contributed by atoms with Gasteiger partial charge in [-0.3, -0.25) is 4.79 Å². The first-order chi connectivity index (χ1) is 6.99. The molecule has 0 aromatic heterocycles. The van der Waals surface area contributed by atoms with E-state index >= 15 is 0 Å². The predicted octanol–water partition coefficient (Wildman–Crippen LogP) is 3.23. The maximum absolute atomic E-state index is 12.7. The van der Waals surface area contributed by atoms with E-state index in [1.54, 1.807) is 6.92 Å². The molecule has 1 unspecified atom stereocenters. The highest BCUT2D eigenvalue weighted by Crippen LogP contribution is 2.26. The summed E-state index contributed by atoms with van der Waals surface area (Å²) in [6.07, 6.45) is 0.0544. The van der Waals surface area contributed by atoms with Gasteiger partial charge < -0.3 is 4.74 Å². The average molecular weight is 231 g/mol. The molecule has 0 N–H and O–H groups in total. The van der Waals surface area contributed by atoms with Gasteiger partial charge in [0.2, 0.25) is 0 Å². The Kier molecular flexibility index (Phi) is 4.09. The lowest BCUT2D eigenvalue weighted by Gasteiger charge is -2.14. The Labute approximate surface area is 93.0 Å². The molecule has 0 heterocycles. The fourth-order valence-corrected chi connectivity index (χ4v) is 1.45. The molecule has 0 saturated carbocycles. The van der Waals surface area contributed by atoms with E-state index < -0.39 is 5.82 Å². The van der Waals surface area contributed by atoms with Crippen molar-refractivity contribution in [1.29, 1.82) is 0 Å². The van der Waals surface area contributed by atoms with Gasteiger partial charge in [0, 0.05) is 6.42 Å². The third-order valence-electron chi connectivity index (χ3n) is 1.80. The summed E-state index contributed by atoms with van der Waals surface area (Å²) >= 11 is 5.76. The van der Waals surface area contributed by atoms with Crippen LogP contribution in [0.15, 0.2) is 18.2 Å². The Morgan fingerprint density at radius 1 is 1.60 bits per heavy atom. The van der Waals surface area contributed by atoms with Crippen molar-refractivity contribution < 1.29 is 13.9 Å². The molecule has 82 valence electrons. The van der Waals surface area contributed by atoms with Gasteiger partial charge in [0.1, 0.15) is 23.5 Å². The molecule has 1 atom stereocenters. The smallest absolute Gasteiger partial charge is 0.138 e. The zero-order chi connectivity index (χ0) is 11.4. The molecule has 2 nitrogen and oxygen atoms in total. The first-order valence-electron chi connectivity index (χ1n) is 4.60. The van der Waals surface area contributed by atoms with Crippen molar-refractivity contribution in [1.82, 2.24) is 0 Å². The summed E-state index contributed by atoms with van der Waals surface area (Å²) in [4.78, 5) is 10.8. The van der Waals surface area contributed by atoms with Crippen LogP contribution >= 0.6 is 11.6 Å². The molecule has 0 saturated heterocycles. The number of ether oxygens (including phenoxy) is 1. The lowest BCUT2D eigenvalue weighted by Crippen LogP contribution is -2.15. The summed E-state index contributed by atoms with van der Waals surface area (Å²) in [6.45, 7) is 3.26. The highest BCUT2D eigenvalue weighted by Gasteiger charge is 2.09. The van der Waals surface area contributed by atoms with Crippen LogP contribution in [0.1, 0.15) is 20.3 Å². The lowest BCUT2D eigenvalue weighted by molar-refractivity contribution is -0.118. The summed E-state index contributed by atoms with van der Waals surface area (Å²) in [5.41, 5.74) is 0. The number of rotatable bonds is 4. The highest BCUT2D eigenvalue weighted by molar-refractivity contribution is 6.32. The molecule has 0 aliphatic carbocycles. The van der Waals surface area contributed by atoms with Gasteiger partial charge in [0.25, 0.3) is 0 Å². The largest absolute Gasteiger partial charge is 0.489 e. The van der Waals surface area contributed by atoms with E-state index in [4.69, 9.17) is 16.3 Å². The summed E-state index contributed by atoms with van der Waals surface area (Å²) in [7, 11) is 0. The van der Waals surface area contributed by atoms with E-state index in [1.165, 1.54) is 25.1 Å². The molecular weight excluding hydrogens is 219 g/mol. The fourth-order valence-electron chi connectivity index (χ4n) is 1.23. The Morgan fingerprint density at radius 3 is 2.80 bits per heavy atom.